The summed E-state index contributed by atoms with van der Waals surface area (Å²) in [6, 6.07) is 5.29. The molecule has 0 N–H and O–H groups in total. The van der Waals surface area contributed by atoms with Crippen LogP contribution >= 0.6 is 23.2 Å². The van der Waals surface area contributed by atoms with E-state index in [0.717, 1.165) is 5.56 Å². The van der Waals surface area contributed by atoms with Crippen molar-refractivity contribution in [3.05, 3.63) is 33.8 Å². The monoisotopic (exact) mass is 244 g/mol. The molecule has 1 fully saturated rings. The Balaban J connectivity index is 2.44. The van der Waals surface area contributed by atoms with E-state index < -0.39 is 5.41 Å². The molecule has 1 aliphatic rings. The van der Waals surface area contributed by atoms with E-state index in [1.165, 1.54) is 0 Å². The Kier molecular flexibility index (Phi) is 2.75. The SMILES string of the molecule is CC(=O)C1(c2ccc(Cl)c(Cl)c2)COC1. The van der Waals surface area contributed by atoms with Gasteiger partial charge in [-0.05, 0) is 24.6 Å². The van der Waals surface area contributed by atoms with Gasteiger partial charge in [-0.2, -0.15) is 0 Å². The molecule has 4 heteroatoms. The number of halogens is 2. The number of Topliss-reactive ketones (excluding diaryl/α,β-unsaturated/α-hetero) is 1. The molecule has 1 heterocycles. The Labute approximate surface area is 98.1 Å². The third-order valence-corrected chi connectivity index (χ3v) is 3.58. The van der Waals surface area contributed by atoms with Gasteiger partial charge >= 0.3 is 0 Å². The standard InChI is InChI=1S/C11H10Cl2O2/c1-7(14)11(5-15-6-11)8-2-3-9(12)10(13)4-8/h2-4H,5-6H2,1H3. The van der Waals surface area contributed by atoms with Crippen LogP contribution in [0.5, 0.6) is 0 Å². The summed E-state index contributed by atoms with van der Waals surface area (Å²) >= 11 is 11.7. The molecule has 0 aliphatic carbocycles. The average molecular weight is 245 g/mol. The van der Waals surface area contributed by atoms with E-state index in [9.17, 15) is 4.79 Å². The van der Waals surface area contributed by atoms with Crippen molar-refractivity contribution in [1.29, 1.82) is 0 Å². The lowest BCUT2D eigenvalue weighted by atomic mass is 9.75. The van der Waals surface area contributed by atoms with Crippen LogP contribution in [0, 0.1) is 0 Å². The molecule has 1 aromatic carbocycles. The summed E-state index contributed by atoms with van der Waals surface area (Å²) in [5.41, 5.74) is 0.379. The van der Waals surface area contributed by atoms with Crippen molar-refractivity contribution >= 4 is 29.0 Å². The number of hydrogen-bond acceptors (Lipinski definition) is 2. The van der Waals surface area contributed by atoms with Crippen molar-refractivity contribution in [3.8, 4) is 0 Å². The topological polar surface area (TPSA) is 26.3 Å². The molecule has 1 aromatic rings. The molecule has 1 saturated heterocycles. The molecule has 0 atom stereocenters. The number of carbonyl (C=O) groups is 1. The number of ketones is 1. The van der Waals surface area contributed by atoms with Crippen LogP contribution in [0.15, 0.2) is 18.2 Å². The third-order valence-electron chi connectivity index (χ3n) is 2.84. The Morgan fingerprint density at radius 1 is 1.33 bits per heavy atom. The van der Waals surface area contributed by atoms with Gasteiger partial charge in [-0.1, -0.05) is 29.3 Å². The van der Waals surface area contributed by atoms with Crippen molar-refractivity contribution < 1.29 is 9.53 Å². The maximum absolute atomic E-state index is 11.6. The van der Waals surface area contributed by atoms with E-state index in [-0.39, 0.29) is 5.78 Å². The highest BCUT2D eigenvalue weighted by Gasteiger charge is 2.45. The first-order valence-electron chi connectivity index (χ1n) is 4.60. The molecule has 2 nitrogen and oxygen atoms in total. The molecular formula is C11H10Cl2O2. The minimum absolute atomic E-state index is 0.104. The zero-order chi connectivity index (χ0) is 11.1. The first-order chi connectivity index (χ1) is 7.06. The third kappa shape index (κ3) is 1.67. The van der Waals surface area contributed by atoms with E-state index in [1.54, 1.807) is 19.1 Å². The van der Waals surface area contributed by atoms with Gasteiger partial charge in [0.2, 0.25) is 0 Å². The molecule has 0 radical (unpaired) electrons. The average Bonchev–Trinajstić information content (AvgIpc) is 2.08. The van der Waals surface area contributed by atoms with E-state index in [0.29, 0.717) is 23.3 Å². The second-order valence-corrected chi connectivity index (χ2v) is 4.57. The Bertz CT molecular complexity index is 411. The number of hydrogen-bond donors (Lipinski definition) is 0. The van der Waals surface area contributed by atoms with E-state index in [1.807, 2.05) is 6.07 Å². The fourth-order valence-corrected chi connectivity index (χ4v) is 1.97. The predicted molar refractivity (Wildman–Crippen MR) is 59.6 cm³/mol. The van der Waals surface area contributed by atoms with Gasteiger partial charge in [0.15, 0.2) is 0 Å². The van der Waals surface area contributed by atoms with Crippen LogP contribution in [0.25, 0.3) is 0 Å². The lowest BCUT2D eigenvalue weighted by Gasteiger charge is -2.39. The summed E-state index contributed by atoms with van der Waals surface area (Å²) in [6.45, 7) is 2.44. The van der Waals surface area contributed by atoms with Crippen LogP contribution in [-0.2, 0) is 14.9 Å². The highest BCUT2D eigenvalue weighted by atomic mass is 35.5. The maximum Gasteiger partial charge on any atom is 0.145 e. The maximum atomic E-state index is 11.6. The first-order valence-corrected chi connectivity index (χ1v) is 5.36. The van der Waals surface area contributed by atoms with Crippen molar-refractivity contribution in [3.63, 3.8) is 0 Å². The summed E-state index contributed by atoms with van der Waals surface area (Å²) in [5, 5.41) is 0.973. The van der Waals surface area contributed by atoms with Crippen molar-refractivity contribution in [1.82, 2.24) is 0 Å². The summed E-state index contributed by atoms with van der Waals surface area (Å²) in [6.07, 6.45) is 0. The molecule has 15 heavy (non-hydrogen) atoms. The summed E-state index contributed by atoms with van der Waals surface area (Å²) in [4.78, 5) is 11.6. The number of carbonyl (C=O) groups excluding carboxylic acids is 1. The molecule has 0 aromatic heterocycles. The largest absolute Gasteiger partial charge is 0.378 e. The molecule has 2 rings (SSSR count). The quantitative estimate of drug-likeness (QED) is 0.800. The summed E-state index contributed by atoms with van der Waals surface area (Å²) in [5.74, 6) is 0.104. The molecule has 0 bridgehead atoms. The van der Waals surface area contributed by atoms with Gasteiger partial charge < -0.3 is 4.74 Å². The van der Waals surface area contributed by atoms with Gasteiger partial charge in [-0.15, -0.1) is 0 Å². The van der Waals surface area contributed by atoms with E-state index in [4.69, 9.17) is 27.9 Å². The fourth-order valence-electron chi connectivity index (χ4n) is 1.67. The van der Waals surface area contributed by atoms with Crippen LogP contribution in [0.4, 0.5) is 0 Å². The Morgan fingerprint density at radius 3 is 2.40 bits per heavy atom. The van der Waals surface area contributed by atoms with Crippen LogP contribution in [0.3, 0.4) is 0 Å². The molecular weight excluding hydrogens is 235 g/mol. The Hall–Kier alpha value is -0.570. The van der Waals surface area contributed by atoms with Crippen LogP contribution in [0.2, 0.25) is 10.0 Å². The van der Waals surface area contributed by atoms with Gasteiger partial charge in [0.05, 0.1) is 23.3 Å². The molecule has 1 aliphatic heterocycles. The Morgan fingerprint density at radius 2 is 2.00 bits per heavy atom. The highest BCUT2D eigenvalue weighted by Crippen LogP contribution is 2.36. The van der Waals surface area contributed by atoms with Gasteiger partial charge in [0.1, 0.15) is 11.2 Å². The van der Waals surface area contributed by atoms with Crippen molar-refractivity contribution in [2.24, 2.45) is 0 Å². The highest BCUT2D eigenvalue weighted by molar-refractivity contribution is 6.42. The van der Waals surface area contributed by atoms with Crippen LogP contribution < -0.4 is 0 Å². The lowest BCUT2D eigenvalue weighted by molar-refractivity contribution is -0.140. The van der Waals surface area contributed by atoms with E-state index in [2.05, 4.69) is 0 Å². The predicted octanol–water partition coefficient (Wildman–Crippen LogP) is 2.85. The zero-order valence-corrected chi connectivity index (χ0v) is 9.73. The molecule has 0 unspecified atom stereocenters. The smallest absolute Gasteiger partial charge is 0.145 e. The number of benzene rings is 1. The van der Waals surface area contributed by atoms with Gasteiger partial charge in [0, 0.05) is 0 Å². The normalized spacial score (nSPS) is 18.3. The second-order valence-electron chi connectivity index (χ2n) is 3.76. The number of rotatable bonds is 2. The molecule has 80 valence electrons. The van der Waals surface area contributed by atoms with Gasteiger partial charge in [-0.25, -0.2) is 0 Å². The van der Waals surface area contributed by atoms with Crippen LogP contribution in [0.1, 0.15) is 12.5 Å². The minimum atomic E-state index is -0.506. The van der Waals surface area contributed by atoms with E-state index >= 15 is 0 Å². The molecule has 0 amide bonds. The fraction of sp³-hybridized carbons (Fsp3) is 0.364. The van der Waals surface area contributed by atoms with Crippen molar-refractivity contribution in [2.75, 3.05) is 13.2 Å². The first kappa shape index (κ1) is 10.9. The zero-order valence-electron chi connectivity index (χ0n) is 8.22. The molecule has 0 saturated carbocycles. The lowest BCUT2D eigenvalue weighted by Crippen LogP contribution is -2.52. The number of ether oxygens (including phenoxy) is 1. The minimum Gasteiger partial charge on any atom is -0.378 e. The second kappa shape index (κ2) is 3.78. The summed E-state index contributed by atoms with van der Waals surface area (Å²) in [7, 11) is 0. The van der Waals surface area contributed by atoms with Gasteiger partial charge in [0.25, 0.3) is 0 Å². The summed E-state index contributed by atoms with van der Waals surface area (Å²) < 4.78 is 5.13. The van der Waals surface area contributed by atoms with Crippen molar-refractivity contribution in [2.45, 2.75) is 12.3 Å². The van der Waals surface area contributed by atoms with Gasteiger partial charge in [-0.3, -0.25) is 4.79 Å². The van der Waals surface area contributed by atoms with Crippen LogP contribution in [-0.4, -0.2) is 19.0 Å². The molecule has 0 spiro atoms.